The zero-order chi connectivity index (χ0) is 17.7. The second-order valence-corrected chi connectivity index (χ2v) is 8.78. The molecule has 0 N–H and O–H groups in total. The number of fused-ring (bicyclic) bond motifs is 1. The first-order valence-electron chi connectivity index (χ1n) is 7.75. The third kappa shape index (κ3) is 3.25. The van der Waals surface area contributed by atoms with E-state index in [0.29, 0.717) is 29.3 Å². The smallest absolute Gasteiger partial charge is 0.264 e. The van der Waals surface area contributed by atoms with Crippen molar-refractivity contribution in [3.8, 4) is 5.75 Å². The molecule has 2 aliphatic rings. The summed E-state index contributed by atoms with van der Waals surface area (Å²) in [6.45, 7) is 4.07. The zero-order valence-corrected chi connectivity index (χ0v) is 15.4. The van der Waals surface area contributed by atoms with Crippen molar-refractivity contribution < 1.29 is 22.1 Å². The number of halogens is 1. The first kappa shape index (κ1) is 17.5. The van der Waals surface area contributed by atoms with E-state index in [4.69, 9.17) is 20.5 Å². The van der Waals surface area contributed by atoms with Gasteiger partial charge in [0.1, 0.15) is 17.5 Å². The number of carbonyl (C=O) groups excluding carboxylic acids is 1. The van der Waals surface area contributed by atoms with Crippen LogP contribution in [0, 0.1) is 0 Å². The first-order valence-corrected chi connectivity index (χ1v) is 9.94. The molecule has 2 aliphatic heterocycles. The minimum atomic E-state index is -3.74. The molecular formula is C16H20ClNO5S. The molecule has 1 amide bonds. The molecule has 3 rings (SSSR count). The van der Waals surface area contributed by atoms with Gasteiger partial charge in [-0.3, -0.25) is 8.98 Å². The summed E-state index contributed by atoms with van der Waals surface area (Å²) >= 11 is 6.12. The maximum atomic E-state index is 12.3. The lowest BCUT2D eigenvalue weighted by molar-refractivity contribution is -0.137. The summed E-state index contributed by atoms with van der Waals surface area (Å²) in [4.78, 5) is 14.0. The van der Waals surface area contributed by atoms with E-state index in [9.17, 15) is 13.2 Å². The molecule has 0 aromatic heterocycles. The van der Waals surface area contributed by atoms with Gasteiger partial charge >= 0.3 is 0 Å². The molecule has 0 unspecified atom stereocenters. The van der Waals surface area contributed by atoms with Gasteiger partial charge in [0, 0.05) is 23.6 Å². The lowest BCUT2D eigenvalue weighted by Gasteiger charge is -2.46. The van der Waals surface area contributed by atoms with Gasteiger partial charge < -0.3 is 9.64 Å². The predicted molar refractivity (Wildman–Crippen MR) is 89.6 cm³/mol. The van der Waals surface area contributed by atoms with E-state index in [2.05, 4.69) is 0 Å². The van der Waals surface area contributed by atoms with E-state index in [1.54, 1.807) is 36.9 Å². The minimum Gasteiger partial charge on any atom is -0.485 e. The Morgan fingerprint density at radius 3 is 2.67 bits per heavy atom. The van der Waals surface area contributed by atoms with Crippen LogP contribution in [0.4, 0.5) is 0 Å². The van der Waals surface area contributed by atoms with Crippen molar-refractivity contribution in [2.75, 3.05) is 12.8 Å². The number of carbonyl (C=O) groups is 1. The van der Waals surface area contributed by atoms with Gasteiger partial charge in [0.05, 0.1) is 12.3 Å². The first-order chi connectivity index (χ1) is 11.1. The quantitative estimate of drug-likeness (QED) is 0.761. The molecule has 24 heavy (non-hydrogen) atoms. The molecule has 0 saturated carbocycles. The van der Waals surface area contributed by atoms with E-state index >= 15 is 0 Å². The van der Waals surface area contributed by atoms with Gasteiger partial charge in [-0.05, 0) is 38.5 Å². The fourth-order valence-electron chi connectivity index (χ4n) is 3.38. The number of likely N-dealkylation sites (tertiary alicyclic amines) is 1. The lowest BCUT2D eigenvalue weighted by atomic mass is 9.85. The molecule has 132 valence electrons. The number of hydrogen-bond acceptors (Lipinski definition) is 5. The minimum absolute atomic E-state index is 0.0225. The molecule has 1 aromatic carbocycles. The Balaban J connectivity index is 2.15. The highest BCUT2D eigenvalue weighted by Gasteiger charge is 2.50. The molecule has 2 atom stereocenters. The molecule has 6 nitrogen and oxygen atoms in total. The SMILES string of the molecule is CC1(C)Oc2ccc(Cl)cc2[C@@H](N2CCCC2=O)[C@@H]1OS(C)(=O)=O. The van der Waals surface area contributed by atoms with E-state index in [-0.39, 0.29) is 5.91 Å². The fraction of sp³-hybridized carbons (Fsp3) is 0.562. The molecule has 0 bridgehead atoms. The Morgan fingerprint density at radius 1 is 1.38 bits per heavy atom. The molecule has 0 radical (unpaired) electrons. The van der Waals surface area contributed by atoms with Crippen LogP contribution < -0.4 is 4.74 Å². The van der Waals surface area contributed by atoms with Crippen LogP contribution in [-0.2, 0) is 19.1 Å². The van der Waals surface area contributed by atoms with Gasteiger partial charge in [0.15, 0.2) is 0 Å². The summed E-state index contributed by atoms with van der Waals surface area (Å²) in [5.74, 6) is 0.563. The summed E-state index contributed by atoms with van der Waals surface area (Å²) in [7, 11) is -3.74. The van der Waals surface area contributed by atoms with E-state index < -0.39 is 27.9 Å². The number of hydrogen-bond donors (Lipinski definition) is 0. The highest BCUT2D eigenvalue weighted by atomic mass is 35.5. The van der Waals surface area contributed by atoms with Crippen molar-refractivity contribution in [1.29, 1.82) is 0 Å². The van der Waals surface area contributed by atoms with Crippen LogP contribution in [0.25, 0.3) is 0 Å². The topological polar surface area (TPSA) is 72.9 Å². The van der Waals surface area contributed by atoms with Gasteiger partial charge in [0.2, 0.25) is 5.91 Å². The second kappa shape index (κ2) is 5.89. The summed E-state index contributed by atoms with van der Waals surface area (Å²) in [6, 6.07) is 4.59. The Labute approximate surface area is 146 Å². The molecular weight excluding hydrogens is 354 g/mol. The number of nitrogens with zero attached hydrogens (tertiary/aromatic N) is 1. The predicted octanol–water partition coefficient (Wildman–Crippen LogP) is 2.52. The summed E-state index contributed by atoms with van der Waals surface area (Å²) < 4.78 is 34.9. The number of ether oxygens (including phenoxy) is 1. The highest BCUT2D eigenvalue weighted by molar-refractivity contribution is 7.86. The third-order valence-corrected chi connectivity index (χ3v) is 5.15. The molecule has 0 spiro atoms. The maximum Gasteiger partial charge on any atom is 0.264 e. The van der Waals surface area contributed by atoms with Gasteiger partial charge in [-0.2, -0.15) is 8.42 Å². The summed E-state index contributed by atoms with van der Waals surface area (Å²) in [5, 5.41) is 0.492. The number of benzene rings is 1. The van der Waals surface area contributed by atoms with Crippen LogP contribution in [-0.4, -0.2) is 43.7 Å². The van der Waals surface area contributed by atoms with Crippen LogP contribution in [0.1, 0.15) is 38.3 Å². The average molecular weight is 374 g/mol. The van der Waals surface area contributed by atoms with Crippen molar-refractivity contribution in [2.24, 2.45) is 0 Å². The van der Waals surface area contributed by atoms with Crippen LogP contribution in [0.5, 0.6) is 5.75 Å². The Bertz CT molecular complexity index is 777. The highest BCUT2D eigenvalue weighted by Crippen LogP contribution is 2.46. The largest absolute Gasteiger partial charge is 0.485 e. The molecule has 0 aliphatic carbocycles. The van der Waals surface area contributed by atoms with Gasteiger partial charge in [-0.1, -0.05) is 11.6 Å². The van der Waals surface area contributed by atoms with Crippen LogP contribution in [0.3, 0.4) is 0 Å². The lowest BCUT2D eigenvalue weighted by Crippen LogP contribution is -2.55. The molecule has 1 saturated heterocycles. The van der Waals surface area contributed by atoms with Gasteiger partial charge in [-0.15, -0.1) is 0 Å². The van der Waals surface area contributed by atoms with Crippen molar-refractivity contribution in [1.82, 2.24) is 4.90 Å². The van der Waals surface area contributed by atoms with Crippen molar-refractivity contribution >= 4 is 27.6 Å². The standard InChI is InChI=1S/C16H20ClNO5S/c1-16(2)15(23-24(3,20)21)14(18-8-4-5-13(18)19)11-9-10(17)6-7-12(11)22-16/h6-7,9,14-15H,4-5,8H2,1-3H3/t14-,15+/m1/s1. The maximum absolute atomic E-state index is 12.3. The van der Waals surface area contributed by atoms with E-state index in [1.807, 2.05) is 0 Å². The van der Waals surface area contributed by atoms with Gasteiger partial charge in [-0.25, -0.2) is 0 Å². The van der Waals surface area contributed by atoms with Crippen molar-refractivity contribution in [3.05, 3.63) is 28.8 Å². The molecule has 8 heteroatoms. The zero-order valence-electron chi connectivity index (χ0n) is 13.8. The van der Waals surface area contributed by atoms with Crippen LogP contribution in [0.15, 0.2) is 18.2 Å². The second-order valence-electron chi connectivity index (χ2n) is 6.74. The normalized spacial score (nSPS) is 26.2. The van der Waals surface area contributed by atoms with Crippen molar-refractivity contribution in [3.63, 3.8) is 0 Å². The Kier molecular flexibility index (Phi) is 4.30. The molecule has 1 fully saturated rings. The van der Waals surface area contributed by atoms with Gasteiger partial charge in [0.25, 0.3) is 10.1 Å². The molecule has 1 aromatic rings. The summed E-state index contributed by atoms with van der Waals surface area (Å²) in [6.07, 6.45) is 1.32. The number of rotatable bonds is 3. The monoisotopic (exact) mass is 373 g/mol. The third-order valence-electron chi connectivity index (χ3n) is 4.36. The average Bonchev–Trinajstić information content (AvgIpc) is 2.85. The Morgan fingerprint density at radius 2 is 2.08 bits per heavy atom. The Hall–Kier alpha value is -1.31. The van der Waals surface area contributed by atoms with Crippen molar-refractivity contribution in [2.45, 2.75) is 44.4 Å². The fourth-order valence-corrected chi connectivity index (χ4v) is 4.27. The van der Waals surface area contributed by atoms with Crippen LogP contribution >= 0.6 is 11.6 Å². The number of amides is 1. The van der Waals surface area contributed by atoms with E-state index in [1.165, 1.54) is 0 Å². The molecule has 2 heterocycles. The van der Waals surface area contributed by atoms with E-state index in [0.717, 1.165) is 12.7 Å². The summed E-state index contributed by atoms with van der Waals surface area (Å²) in [5.41, 5.74) is -0.261. The van der Waals surface area contributed by atoms with Crippen LogP contribution in [0.2, 0.25) is 5.02 Å².